The van der Waals surface area contributed by atoms with Crippen molar-refractivity contribution in [2.24, 2.45) is 0 Å². The Morgan fingerprint density at radius 1 is 1.07 bits per heavy atom. The summed E-state index contributed by atoms with van der Waals surface area (Å²) in [4.78, 5) is 18.2. The summed E-state index contributed by atoms with van der Waals surface area (Å²) >= 11 is 0. The summed E-state index contributed by atoms with van der Waals surface area (Å²) in [7, 11) is 1.66. The van der Waals surface area contributed by atoms with Gasteiger partial charge in [0.05, 0.1) is 24.8 Å². The molecule has 0 saturated heterocycles. The lowest BCUT2D eigenvalue weighted by Gasteiger charge is -2.36. The van der Waals surface area contributed by atoms with Gasteiger partial charge < -0.3 is 14.8 Å². The number of rotatable bonds is 6. The molecule has 1 N–H and O–H groups in total. The number of fused-ring (bicyclic) bond motifs is 1. The minimum atomic E-state index is -0.530. The van der Waals surface area contributed by atoms with Gasteiger partial charge in [-0.05, 0) is 61.7 Å². The molecule has 1 saturated carbocycles. The van der Waals surface area contributed by atoms with Crippen LogP contribution < -0.4 is 14.8 Å². The minimum absolute atomic E-state index is 0.0432. The average Bonchev–Trinajstić information content (AvgIpc) is 2.81. The topological polar surface area (TPSA) is 60.5 Å². The Morgan fingerprint density at radius 3 is 2.53 bits per heavy atom. The Kier molecular flexibility index (Phi) is 5.88. The number of nitrogens with zero attached hydrogens (tertiary/aromatic N) is 1. The smallest absolute Gasteiger partial charge is 0.235 e. The van der Waals surface area contributed by atoms with Gasteiger partial charge in [-0.1, -0.05) is 31.4 Å². The Morgan fingerprint density at radius 2 is 1.83 bits per heavy atom. The van der Waals surface area contributed by atoms with E-state index in [-0.39, 0.29) is 5.91 Å². The van der Waals surface area contributed by atoms with E-state index in [9.17, 15) is 4.79 Å². The minimum Gasteiger partial charge on any atom is -0.497 e. The molecule has 2 aromatic carbocycles. The first-order valence-electron chi connectivity index (χ1n) is 10.6. The lowest BCUT2D eigenvalue weighted by Crippen LogP contribution is -2.42. The second-order valence-corrected chi connectivity index (χ2v) is 7.77. The standard InChI is InChI=1S/C25H28N2O3/c1-3-30-22-14-13-21(20-8-7-17-26-23(20)22)27-24(28)25(15-5-4-6-16-25)18-9-11-19(29-2)12-10-18/h7-14,17H,3-6,15-16H2,1-2H3,(H,27,28). The van der Waals surface area contributed by atoms with Crippen LogP contribution in [0.15, 0.2) is 54.7 Å². The third-order valence-corrected chi connectivity index (χ3v) is 6.07. The fraction of sp³-hybridized carbons (Fsp3) is 0.360. The van der Waals surface area contributed by atoms with E-state index >= 15 is 0 Å². The van der Waals surface area contributed by atoms with E-state index in [2.05, 4.69) is 10.3 Å². The van der Waals surface area contributed by atoms with E-state index < -0.39 is 5.41 Å². The van der Waals surface area contributed by atoms with Crippen LogP contribution in [0.4, 0.5) is 5.69 Å². The zero-order valence-electron chi connectivity index (χ0n) is 17.6. The maximum absolute atomic E-state index is 13.7. The van der Waals surface area contributed by atoms with E-state index in [0.717, 1.165) is 59.3 Å². The number of ether oxygens (including phenoxy) is 2. The molecule has 1 fully saturated rings. The molecule has 1 aliphatic rings. The Bertz CT molecular complexity index is 1020. The van der Waals surface area contributed by atoms with Gasteiger partial charge in [0.2, 0.25) is 5.91 Å². The van der Waals surface area contributed by atoms with Crippen LogP contribution in [0.25, 0.3) is 10.9 Å². The van der Waals surface area contributed by atoms with Crippen LogP contribution in [0.3, 0.4) is 0 Å². The van der Waals surface area contributed by atoms with Crippen molar-refractivity contribution in [3.8, 4) is 11.5 Å². The zero-order chi connectivity index (χ0) is 21.0. The van der Waals surface area contributed by atoms with Crippen molar-refractivity contribution in [1.82, 2.24) is 4.98 Å². The quantitative estimate of drug-likeness (QED) is 0.591. The summed E-state index contributed by atoms with van der Waals surface area (Å²) in [5, 5.41) is 4.11. The SMILES string of the molecule is CCOc1ccc(NC(=O)C2(c3ccc(OC)cc3)CCCCC2)c2cccnc12. The molecular formula is C25H28N2O3. The largest absolute Gasteiger partial charge is 0.497 e. The molecule has 1 aliphatic carbocycles. The van der Waals surface area contributed by atoms with Crippen molar-refractivity contribution < 1.29 is 14.3 Å². The fourth-order valence-electron chi connectivity index (χ4n) is 4.48. The van der Waals surface area contributed by atoms with Gasteiger partial charge in [0, 0.05) is 11.6 Å². The Balaban J connectivity index is 1.70. The molecule has 0 aliphatic heterocycles. The van der Waals surface area contributed by atoms with Crippen LogP contribution in [0.1, 0.15) is 44.6 Å². The molecule has 156 valence electrons. The number of carbonyl (C=O) groups is 1. The van der Waals surface area contributed by atoms with Crippen molar-refractivity contribution in [3.05, 3.63) is 60.3 Å². The predicted octanol–water partition coefficient (Wildman–Crippen LogP) is 5.48. The van der Waals surface area contributed by atoms with Crippen LogP contribution >= 0.6 is 0 Å². The molecule has 1 amide bonds. The number of hydrogen-bond acceptors (Lipinski definition) is 4. The molecule has 5 nitrogen and oxygen atoms in total. The number of anilines is 1. The van der Waals surface area contributed by atoms with Crippen LogP contribution in [0.2, 0.25) is 0 Å². The number of pyridine rings is 1. The summed E-state index contributed by atoms with van der Waals surface area (Å²) in [6.45, 7) is 2.52. The van der Waals surface area contributed by atoms with Gasteiger partial charge in [0.25, 0.3) is 0 Å². The molecule has 4 rings (SSSR count). The number of aromatic nitrogens is 1. The van der Waals surface area contributed by atoms with E-state index in [4.69, 9.17) is 9.47 Å². The first-order chi connectivity index (χ1) is 14.7. The molecule has 0 unspecified atom stereocenters. The van der Waals surface area contributed by atoms with Crippen LogP contribution in [-0.4, -0.2) is 24.6 Å². The number of benzene rings is 2. The normalized spacial score (nSPS) is 15.5. The zero-order valence-corrected chi connectivity index (χ0v) is 17.6. The highest BCUT2D eigenvalue weighted by atomic mass is 16.5. The number of methoxy groups -OCH3 is 1. The van der Waals surface area contributed by atoms with Gasteiger partial charge in [-0.3, -0.25) is 9.78 Å². The number of carbonyl (C=O) groups excluding carboxylic acids is 1. The van der Waals surface area contributed by atoms with Gasteiger partial charge in [0.15, 0.2) is 0 Å². The lowest BCUT2D eigenvalue weighted by atomic mass is 9.68. The van der Waals surface area contributed by atoms with E-state index in [1.54, 1.807) is 13.3 Å². The second kappa shape index (κ2) is 8.74. The third-order valence-electron chi connectivity index (χ3n) is 6.07. The summed E-state index contributed by atoms with van der Waals surface area (Å²) in [5.74, 6) is 1.57. The molecule has 3 aromatic rings. The molecule has 1 heterocycles. The third kappa shape index (κ3) is 3.72. The molecule has 0 radical (unpaired) electrons. The van der Waals surface area contributed by atoms with Crippen molar-refractivity contribution in [1.29, 1.82) is 0 Å². The molecule has 5 heteroatoms. The number of amides is 1. The first kappa shape index (κ1) is 20.2. The van der Waals surface area contributed by atoms with Crippen LogP contribution in [0.5, 0.6) is 11.5 Å². The monoisotopic (exact) mass is 404 g/mol. The molecule has 30 heavy (non-hydrogen) atoms. The van der Waals surface area contributed by atoms with Gasteiger partial charge >= 0.3 is 0 Å². The highest BCUT2D eigenvalue weighted by Gasteiger charge is 2.41. The van der Waals surface area contributed by atoms with Gasteiger partial charge in [-0.25, -0.2) is 0 Å². The van der Waals surface area contributed by atoms with Crippen molar-refractivity contribution in [2.75, 3.05) is 19.0 Å². The molecule has 0 spiro atoms. The lowest BCUT2D eigenvalue weighted by molar-refractivity contribution is -0.122. The Labute approximate surface area is 177 Å². The summed E-state index contributed by atoms with van der Waals surface area (Å²) in [5.41, 5.74) is 2.05. The first-order valence-corrected chi connectivity index (χ1v) is 10.6. The van der Waals surface area contributed by atoms with E-state index in [1.807, 2.05) is 55.5 Å². The van der Waals surface area contributed by atoms with Crippen molar-refractivity contribution in [2.45, 2.75) is 44.4 Å². The molecule has 0 atom stereocenters. The molecule has 0 bridgehead atoms. The molecule has 1 aromatic heterocycles. The maximum Gasteiger partial charge on any atom is 0.235 e. The van der Waals surface area contributed by atoms with Gasteiger partial charge in [-0.2, -0.15) is 0 Å². The van der Waals surface area contributed by atoms with E-state index in [1.165, 1.54) is 6.42 Å². The molecular weight excluding hydrogens is 376 g/mol. The number of hydrogen-bond donors (Lipinski definition) is 1. The predicted molar refractivity (Wildman–Crippen MR) is 119 cm³/mol. The van der Waals surface area contributed by atoms with Crippen molar-refractivity contribution >= 4 is 22.5 Å². The highest BCUT2D eigenvalue weighted by Crippen LogP contribution is 2.41. The average molecular weight is 405 g/mol. The van der Waals surface area contributed by atoms with Crippen LogP contribution in [0, 0.1) is 0 Å². The van der Waals surface area contributed by atoms with E-state index in [0.29, 0.717) is 6.61 Å². The van der Waals surface area contributed by atoms with Crippen LogP contribution in [-0.2, 0) is 10.2 Å². The maximum atomic E-state index is 13.7. The summed E-state index contributed by atoms with van der Waals surface area (Å²) in [6.07, 6.45) is 6.70. The number of nitrogens with one attached hydrogen (secondary N) is 1. The van der Waals surface area contributed by atoms with Gasteiger partial charge in [0.1, 0.15) is 17.0 Å². The highest BCUT2D eigenvalue weighted by molar-refractivity contribution is 6.06. The Hall–Kier alpha value is -3.08. The second-order valence-electron chi connectivity index (χ2n) is 7.77. The summed E-state index contributed by atoms with van der Waals surface area (Å²) in [6, 6.07) is 15.6. The van der Waals surface area contributed by atoms with Gasteiger partial charge in [-0.15, -0.1) is 0 Å². The summed E-state index contributed by atoms with van der Waals surface area (Å²) < 4.78 is 11.0. The van der Waals surface area contributed by atoms with Crippen molar-refractivity contribution in [3.63, 3.8) is 0 Å². The fourth-order valence-corrected chi connectivity index (χ4v) is 4.48.